The maximum atomic E-state index is 14.2. The molecule has 3 rings (SSSR count). The molecule has 1 aromatic rings. The van der Waals surface area contributed by atoms with E-state index in [2.05, 4.69) is 10.6 Å². The number of esters is 1. The maximum Gasteiger partial charge on any atom is 0.328 e. The number of nitrogens with zero attached hydrogens (tertiary/aromatic N) is 1. The Morgan fingerprint density at radius 3 is 2.43 bits per heavy atom. The first-order chi connectivity index (χ1) is 17.5. The number of benzene rings is 1. The molecule has 12 heteroatoms. The van der Waals surface area contributed by atoms with Crippen LogP contribution in [0.4, 0.5) is 13.2 Å². The van der Waals surface area contributed by atoms with E-state index < -0.39 is 66.0 Å². The molecule has 1 saturated carbocycles. The zero-order valence-electron chi connectivity index (χ0n) is 21.0. The lowest BCUT2D eigenvalue weighted by Gasteiger charge is -2.28. The number of nitrogens with one attached hydrogen (secondary N) is 2. The second-order valence-electron chi connectivity index (χ2n) is 9.53. The normalized spacial score (nSPS) is 19.8. The van der Waals surface area contributed by atoms with Gasteiger partial charge in [0.1, 0.15) is 17.9 Å². The Morgan fingerprint density at radius 2 is 1.81 bits per heavy atom. The maximum absolute atomic E-state index is 14.2. The van der Waals surface area contributed by atoms with Crippen molar-refractivity contribution in [3.63, 3.8) is 0 Å². The van der Waals surface area contributed by atoms with Gasteiger partial charge in [-0.15, -0.1) is 0 Å². The van der Waals surface area contributed by atoms with E-state index in [0.717, 1.165) is 18.9 Å². The van der Waals surface area contributed by atoms with Gasteiger partial charge in [0.25, 0.3) is 0 Å². The minimum absolute atomic E-state index is 0.0811. The molecule has 1 heterocycles. The number of hydrogen-bond acceptors (Lipinski definition) is 6. The molecule has 0 unspecified atom stereocenters. The van der Waals surface area contributed by atoms with Crippen LogP contribution in [0.5, 0.6) is 0 Å². The van der Waals surface area contributed by atoms with Crippen molar-refractivity contribution in [2.75, 3.05) is 14.2 Å². The molecule has 1 aliphatic heterocycles. The van der Waals surface area contributed by atoms with E-state index in [1.807, 2.05) is 0 Å². The molecule has 0 bridgehead atoms. The van der Waals surface area contributed by atoms with Crippen LogP contribution in [0.15, 0.2) is 12.1 Å². The van der Waals surface area contributed by atoms with E-state index in [-0.39, 0.29) is 30.7 Å². The summed E-state index contributed by atoms with van der Waals surface area (Å²) in [6, 6.07) is -1.46. The SMILES string of the molecule is COC(=O)[C@H](CC1CC1)NC(=O)[C@@H](NC(=O)C[C@@H]1CCC(=O)N1Cc1cc(F)cc(F)c1F)[C@@H](C)OC. The standard InChI is InChI=1S/C25H32F3N3O6/c1-13(36-2)23(24(34)29-19(25(35)37-3)8-14-4-5-14)30-20(32)11-17-6-7-21(33)31(17)12-15-9-16(26)10-18(27)22(15)28/h9-10,13-14,17,19,23H,4-8,11-12H2,1-3H3,(H,29,34)(H,30,32)/t13-,17+,19+,23+/m1/s1. The third-order valence-corrected chi connectivity index (χ3v) is 6.79. The fourth-order valence-electron chi connectivity index (χ4n) is 4.41. The Bertz CT molecular complexity index is 1040. The van der Waals surface area contributed by atoms with Crippen LogP contribution in [0.3, 0.4) is 0 Å². The summed E-state index contributed by atoms with van der Waals surface area (Å²) in [5.74, 6) is -5.49. The Labute approximate surface area is 213 Å². The summed E-state index contributed by atoms with van der Waals surface area (Å²) >= 11 is 0. The second kappa shape index (κ2) is 12.4. The summed E-state index contributed by atoms with van der Waals surface area (Å²) in [5.41, 5.74) is -0.340. The highest BCUT2D eigenvalue weighted by Crippen LogP contribution is 2.33. The molecule has 2 N–H and O–H groups in total. The van der Waals surface area contributed by atoms with Gasteiger partial charge in [0, 0.05) is 44.2 Å². The molecule has 1 aromatic carbocycles. The summed E-state index contributed by atoms with van der Waals surface area (Å²) in [7, 11) is 2.59. The minimum Gasteiger partial charge on any atom is -0.467 e. The van der Waals surface area contributed by atoms with Crippen LogP contribution < -0.4 is 10.6 Å². The number of rotatable bonds is 12. The lowest BCUT2D eigenvalue weighted by Crippen LogP contribution is -2.56. The van der Waals surface area contributed by atoms with Gasteiger partial charge in [0.15, 0.2) is 11.6 Å². The molecule has 204 valence electrons. The topological polar surface area (TPSA) is 114 Å². The van der Waals surface area contributed by atoms with Crippen molar-refractivity contribution in [3.8, 4) is 0 Å². The highest BCUT2D eigenvalue weighted by molar-refractivity contribution is 5.91. The minimum atomic E-state index is -1.37. The van der Waals surface area contributed by atoms with Crippen molar-refractivity contribution in [1.82, 2.24) is 15.5 Å². The summed E-state index contributed by atoms with van der Waals surface area (Å²) < 4.78 is 51.4. The first kappa shape index (κ1) is 28.4. The second-order valence-corrected chi connectivity index (χ2v) is 9.53. The van der Waals surface area contributed by atoms with Gasteiger partial charge in [-0.05, 0) is 31.7 Å². The van der Waals surface area contributed by atoms with Gasteiger partial charge < -0.3 is 25.0 Å². The number of methoxy groups -OCH3 is 2. The smallest absolute Gasteiger partial charge is 0.328 e. The number of amides is 3. The molecule has 0 radical (unpaired) electrons. The number of likely N-dealkylation sites (tertiary alicyclic amines) is 1. The molecule has 0 spiro atoms. The van der Waals surface area contributed by atoms with Crippen molar-refractivity contribution in [2.45, 2.75) is 76.2 Å². The predicted molar refractivity (Wildman–Crippen MR) is 124 cm³/mol. The lowest BCUT2D eigenvalue weighted by atomic mass is 10.1. The fraction of sp³-hybridized carbons (Fsp3) is 0.600. The molecule has 2 fully saturated rings. The largest absolute Gasteiger partial charge is 0.467 e. The highest BCUT2D eigenvalue weighted by atomic mass is 19.2. The van der Waals surface area contributed by atoms with Crippen LogP contribution in [-0.4, -0.2) is 67.0 Å². The van der Waals surface area contributed by atoms with Crippen molar-refractivity contribution >= 4 is 23.7 Å². The summed E-state index contributed by atoms with van der Waals surface area (Å²) in [6.07, 6.45) is 1.71. The third-order valence-electron chi connectivity index (χ3n) is 6.79. The molecule has 37 heavy (non-hydrogen) atoms. The number of carbonyl (C=O) groups excluding carboxylic acids is 4. The van der Waals surface area contributed by atoms with Crippen molar-refractivity contribution in [3.05, 3.63) is 35.1 Å². The van der Waals surface area contributed by atoms with Gasteiger partial charge in [-0.2, -0.15) is 0 Å². The number of ether oxygens (including phenoxy) is 2. The zero-order chi connectivity index (χ0) is 27.3. The Kier molecular flexibility index (Phi) is 9.52. The van der Waals surface area contributed by atoms with Gasteiger partial charge >= 0.3 is 5.97 Å². The van der Waals surface area contributed by atoms with Crippen molar-refractivity contribution < 1.29 is 41.8 Å². The van der Waals surface area contributed by atoms with Crippen LogP contribution in [0.1, 0.15) is 51.0 Å². The van der Waals surface area contributed by atoms with E-state index in [9.17, 15) is 32.3 Å². The van der Waals surface area contributed by atoms with Gasteiger partial charge in [0.2, 0.25) is 17.7 Å². The highest BCUT2D eigenvalue weighted by Gasteiger charge is 2.37. The number of carbonyl (C=O) groups is 4. The van der Waals surface area contributed by atoms with Crippen molar-refractivity contribution in [1.29, 1.82) is 0 Å². The van der Waals surface area contributed by atoms with Crippen LogP contribution in [-0.2, 0) is 35.2 Å². The van der Waals surface area contributed by atoms with E-state index in [1.165, 1.54) is 19.1 Å². The van der Waals surface area contributed by atoms with Crippen LogP contribution in [0.2, 0.25) is 0 Å². The number of hydrogen-bond donors (Lipinski definition) is 2. The molecule has 1 aliphatic carbocycles. The fourth-order valence-corrected chi connectivity index (χ4v) is 4.41. The first-order valence-corrected chi connectivity index (χ1v) is 12.2. The quantitative estimate of drug-likeness (QED) is 0.317. The third kappa shape index (κ3) is 7.43. The Hall–Kier alpha value is -3.15. The van der Waals surface area contributed by atoms with Gasteiger partial charge in [-0.1, -0.05) is 12.8 Å². The summed E-state index contributed by atoms with van der Waals surface area (Å²) in [4.78, 5) is 51.7. The molecule has 9 nitrogen and oxygen atoms in total. The molecular weight excluding hydrogens is 495 g/mol. The lowest BCUT2D eigenvalue weighted by molar-refractivity contribution is -0.146. The average molecular weight is 528 g/mol. The average Bonchev–Trinajstić information content (AvgIpc) is 3.62. The molecule has 3 amide bonds. The summed E-state index contributed by atoms with van der Waals surface area (Å²) in [6.45, 7) is 1.17. The van der Waals surface area contributed by atoms with Gasteiger partial charge in [0.05, 0.1) is 13.2 Å². The van der Waals surface area contributed by atoms with Gasteiger partial charge in [-0.25, -0.2) is 18.0 Å². The van der Waals surface area contributed by atoms with Crippen molar-refractivity contribution in [2.24, 2.45) is 5.92 Å². The molecule has 4 atom stereocenters. The first-order valence-electron chi connectivity index (χ1n) is 12.2. The van der Waals surface area contributed by atoms with E-state index in [1.54, 1.807) is 6.92 Å². The summed E-state index contributed by atoms with van der Waals surface area (Å²) in [5, 5.41) is 5.23. The van der Waals surface area contributed by atoms with E-state index in [4.69, 9.17) is 9.47 Å². The Morgan fingerprint density at radius 1 is 1.11 bits per heavy atom. The zero-order valence-corrected chi connectivity index (χ0v) is 21.0. The molecule has 0 aromatic heterocycles. The monoisotopic (exact) mass is 527 g/mol. The Balaban J connectivity index is 1.67. The predicted octanol–water partition coefficient (Wildman–Crippen LogP) is 1.96. The van der Waals surface area contributed by atoms with Crippen LogP contribution in [0.25, 0.3) is 0 Å². The molecular formula is C25H32F3N3O6. The molecule has 1 saturated heterocycles. The van der Waals surface area contributed by atoms with Crippen LogP contribution >= 0.6 is 0 Å². The van der Waals surface area contributed by atoms with Gasteiger partial charge in [-0.3, -0.25) is 14.4 Å². The van der Waals surface area contributed by atoms with E-state index in [0.29, 0.717) is 18.4 Å². The van der Waals surface area contributed by atoms with Crippen LogP contribution in [0, 0.1) is 23.4 Å². The van der Waals surface area contributed by atoms with E-state index >= 15 is 0 Å². The molecule has 2 aliphatic rings. The number of halogens is 3.